The average molecular weight is 327 g/mol. The minimum atomic E-state index is -0.688. The fraction of sp³-hybridized carbons (Fsp3) is 0.111. The summed E-state index contributed by atoms with van der Waals surface area (Å²) < 4.78 is 28.2. The van der Waals surface area contributed by atoms with Crippen molar-refractivity contribution in [1.82, 2.24) is 15.1 Å². The van der Waals surface area contributed by atoms with Gasteiger partial charge in [-0.15, -0.1) is 0 Å². The topological polar surface area (TPSA) is 46.9 Å². The average Bonchev–Trinajstić information content (AvgIpc) is 2.96. The first-order chi connectivity index (χ1) is 11.6. The van der Waals surface area contributed by atoms with Crippen LogP contribution in [0.2, 0.25) is 0 Å². The molecule has 0 bridgehead atoms. The summed E-state index contributed by atoms with van der Waals surface area (Å²) in [4.78, 5) is 12.3. The van der Waals surface area contributed by atoms with Gasteiger partial charge in [0.15, 0.2) is 0 Å². The maximum Gasteiger partial charge on any atom is 0.255 e. The molecule has 122 valence electrons. The Morgan fingerprint density at radius 1 is 1.17 bits per heavy atom. The molecule has 0 aliphatic rings. The number of para-hydroxylation sites is 1. The Labute approximate surface area is 137 Å². The van der Waals surface area contributed by atoms with Gasteiger partial charge in [0, 0.05) is 18.2 Å². The van der Waals surface area contributed by atoms with Crippen molar-refractivity contribution in [2.75, 3.05) is 0 Å². The Hall–Kier alpha value is -3.02. The number of carbonyl (C=O) groups is 1. The van der Waals surface area contributed by atoms with Crippen LogP contribution in [0.4, 0.5) is 8.78 Å². The fourth-order valence-corrected chi connectivity index (χ4v) is 2.40. The molecule has 1 aromatic heterocycles. The lowest BCUT2D eigenvalue weighted by atomic mass is 10.2. The molecule has 3 rings (SSSR count). The van der Waals surface area contributed by atoms with E-state index in [1.54, 1.807) is 11.6 Å². The maximum absolute atomic E-state index is 13.6. The standard InChI is InChI=1S/C18H15F2N3O/c1-12-16(11-22-23(12)15-5-3-2-4-6-15)18(24)21-10-13-7-8-14(19)9-17(13)20/h2-9,11H,10H2,1H3,(H,21,24). The second-order valence-electron chi connectivity index (χ2n) is 5.31. The molecule has 24 heavy (non-hydrogen) atoms. The number of halogens is 2. The van der Waals surface area contributed by atoms with Crippen LogP contribution in [0.15, 0.2) is 54.7 Å². The van der Waals surface area contributed by atoms with Crippen LogP contribution in [-0.2, 0) is 6.54 Å². The number of nitrogens with one attached hydrogen (secondary N) is 1. The van der Waals surface area contributed by atoms with Crippen LogP contribution in [0, 0.1) is 18.6 Å². The second-order valence-corrected chi connectivity index (χ2v) is 5.31. The maximum atomic E-state index is 13.6. The highest BCUT2D eigenvalue weighted by atomic mass is 19.1. The zero-order valence-electron chi connectivity index (χ0n) is 13.0. The van der Waals surface area contributed by atoms with Crippen molar-refractivity contribution < 1.29 is 13.6 Å². The summed E-state index contributed by atoms with van der Waals surface area (Å²) in [5, 5.41) is 6.85. The van der Waals surface area contributed by atoms with E-state index in [-0.39, 0.29) is 18.0 Å². The van der Waals surface area contributed by atoms with Crippen molar-refractivity contribution >= 4 is 5.91 Å². The van der Waals surface area contributed by atoms with Crippen LogP contribution in [-0.4, -0.2) is 15.7 Å². The summed E-state index contributed by atoms with van der Waals surface area (Å²) in [6, 6.07) is 12.7. The summed E-state index contributed by atoms with van der Waals surface area (Å²) in [7, 11) is 0. The molecule has 0 radical (unpaired) electrons. The number of benzene rings is 2. The molecule has 0 fully saturated rings. The largest absolute Gasteiger partial charge is 0.348 e. The van der Waals surface area contributed by atoms with Crippen molar-refractivity contribution in [2.24, 2.45) is 0 Å². The number of carbonyl (C=O) groups excluding carboxylic acids is 1. The highest BCUT2D eigenvalue weighted by Gasteiger charge is 2.15. The van der Waals surface area contributed by atoms with E-state index in [9.17, 15) is 13.6 Å². The van der Waals surface area contributed by atoms with Crippen molar-refractivity contribution in [3.63, 3.8) is 0 Å². The summed E-state index contributed by atoms with van der Waals surface area (Å²) >= 11 is 0. The third-order valence-corrected chi connectivity index (χ3v) is 3.71. The number of hydrogen-bond acceptors (Lipinski definition) is 2. The van der Waals surface area contributed by atoms with E-state index in [2.05, 4.69) is 10.4 Å². The zero-order valence-corrected chi connectivity index (χ0v) is 13.0. The SMILES string of the molecule is Cc1c(C(=O)NCc2ccc(F)cc2F)cnn1-c1ccccc1. The van der Waals surface area contributed by atoms with Crippen LogP contribution >= 0.6 is 0 Å². The third kappa shape index (κ3) is 3.17. The molecule has 0 atom stereocenters. The Balaban J connectivity index is 1.75. The quantitative estimate of drug-likeness (QED) is 0.798. The van der Waals surface area contributed by atoms with E-state index < -0.39 is 11.6 Å². The van der Waals surface area contributed by atoms with Gasteiger partial charge in [-0.05, 0) is 25.1 Å². The molecular formula is C18H15F2N3O. The molecule has 6 heteroatoms. The predicted octanol–water partition coefficient (Wildman–Crippen LogP) is 3.39. The number of rotatable bonds is 4. The normalized spacial score (nSPS) is 10.6. The van der Waals surface area contributed by atoms with Gasteiger partial charge in [0.05, 0.1) is 23.1 Å². The van der Waals surface area contributed by atoms with Gasteiger partial charge < -0.3 is 5.32 Å². The molecule has 0 aliphatic carbocycles. The first kappa shape index (κ1) is 15.9. The second kappa shape index (κ2) is 6.62. The number of nitrogens with zero attached hydrogens (tertiary/aromatic N) is 2. The molecule has 3 aromatic rings. The van der Waals surface area contributed by atoms with Gasteiger partial charge in [0.25, 0.3) is 5.91 Å². The molecule has 1 heterocycles. The molecule has 0 spiro atoms. The molecular weight excluding hydrogens is 312 g/mol. The van der Waals surface area contributed by atoms with Gasteiger partial charge in [0.2, 0.25) is 0 Å². The van der Waals surface area contributed by atoms with Crippen LogP contribution in [0.5, 0.6) is 0 Å². The van der Waals surface area contributed by atoms with Gasteiger partial charge >= 0.3 is 0 Å². The van der Waals surface area contributed by atoms with Crippen molar-refractivity contribution in [3.05, 3.63) is 83.2 Å². The van der Waals surface area contributed by atoms with Gasteiger partial charge in [-0.1, -0.05) is 24.3 Å². The van der Waals surface area contributed by atoms with E-state index in [1.165, 1.54) is 12.3 Å². The van der Waals surface area contributed by atoms with Gasteiger partial charge in [-0.3, -0.25) is 4.79 Å². The van der Waals surface area contributed by atoms with Crippen molar-refractivity contribution in [2.45, 2.75) is 13.5 Å². The van der Waals surface area contributed by atoms with Gasteiger partial charge in [0.1, 0.15) is 11.6 Å². The van der Waals surface area contributed by atoms with E-state index in [0.29, 0.717) is 11.3 Å². The van der Waals surface area contributed by atoms with Crippen LogP contribution in [0.25, 0.3) is 5.69 Å². The number of hydrogen-bond donors (Lipinski definition) is 1. The summed E-state index contributed by atoms with van der Waals surface area (Å²) in [6.45, 7) is 1.76. The first-order valence-electron chi connectivity index (χ1n) is 7.38. The zero-order chi connectivity index (χ0) is 17.1. The van der Waals surface area contributed by atoms with Crippen LogP contribution < -0.4 is 5.32 Å². The predicted molar refractivity (Wildman–Crippen MR) is 85.8 cm³/mol. The van der Waals surface area contributed by atoms with Gasteiger partial charge in [-0.2, -0.15) is 5.10 Å². The molecule has 4 nitrogen and oxygen atoms in total. The van der Waals surface area contributed by atoms with Crippen molar-refractivity contribution in [1.29, 1.82) is 0 Å². The lowest BCUT2D eigenvalue weighted by Crippen LogP contribution is -2.23. The molecule has 0 aliphatic heterocycles. The van der Waals surface area contributed by atoms with Crippen molar-refractivity contribution in [3.8, 4) is 5.69 Å². The van der Waals surface area contributed by atoms with E-state index >= 15 is 0 Å². The first-order valence-corrected chi connectivity index (χ1v) is 7.38. The number of amides is 1. The van der Waals surface area contributed by atoms with E-state index in [1.807, 2.05) is 30.3 Å². The smallest absolute Gasteiger partial charge is 0.255 e. The van der Waals surface area contributed by atoms with Crippen LogP contribution in [0.3, 0.4) is 0 Å². The highest BCUT2D eigenvalue weighted by Crippen LogP contribution is 2.14. The van der Waals surface area contributed by atoms with Gasteiger partial charge in [-0.25, -0.2) is 13.5 Å². The van der Waals surface area contributed by atoms with E-state index in [4.69, 9.17) is 0 Å². The summed E-state index contributed by atoms with van der Waals surface area (Å²) in [5.41, 5.74) is 2.15. The Morgan fingerprint density at radius 3 is 2.62 bits per heavy atom. The molecule has 1 amide bonds. The number of aromatic nitrogens is 2. The van der Waals surface area contributed by atoms with E-state index in [0.717, 1.165) is 17.8 Å². The lowest BCUT2D eigenvalue weighted by Gasteiger charge is -2.07. The van der Waals surface area contributed by atoms with Crippen LogP contribution in [0.1, 0.15) is 21.6 Å². The monoisotopic (exact) mass is 327 g/mol. The third-order valence-electron chi connectivity index (χ3n) is 3.71. The molecule has 2 aromatic carbocycles. The Bertz CT molecular complexity index is 875. The molecule has 1 N–H and O–H groups in total. The summed E-state index contributed by atoms with van der Waals surface area (Å²) in [5.74, 6) is -1.70. The minimum absolute atomic E-state index is 0.0269. The molecule has 0 unspecified atom stereocenters. The fourth-order valence-electron chi connectivity index (χ4n) is 2.40. The minimum Gasteiger partial charge on any atom is -0.348 e. The highest BCUT2D eigenvalue weighted by molar-refractivity contribution is 5.95. The molecule has 0 saturated carbocycles. The Morgan fingerprint density at radius 2 is 1.92 bits per heavy atom. The Kier molecular flexibility index (Phi) is 4.37. The molecule has 0 saturated heterocycles. The lowest BCUT2D eigenvalue weighted by molar-refractivity contribution is 0.0950. The summed E-state index contributed by atoms with van der Waals surface area (Å²) in [6.07, 6.45) is 1.47.